The van der Waals surface area contributed by atoms with Crippen molar-refractivity contribution in [3.8, 4) is 0 Å². The lowest BCUT2D eigenvalue weighted by atomic mass is 9.98. The molecule has 0 spiro atoms. The first-order chi connectivity index (χ1) is 12.9. The summed E-state index contributed by atoms with van der Waals surface area (Å²) in [6.07, 6.45) is 1.83. The molecule has 0 amide bonds. The van der Waals surface area contributed by atoms with E-state index in [-0.39, 0.29) is 12.2 Å². The molecular weight excluding hydrogens is 383 g/mol. The fourth-order valence-electron chi connectivity index (χ4n) is 3.21. The van der Waals surface area contributed by atoms with Crippen LogP contribution in [0, 0.1) is 13.8 Å². The largest absolute Gasteiger partial charge is 0.353 e. The highest BCUT2D eigenvalue weighted by Crippen LogP contribution is 2.32. The van der Waals surface area contributed by atoms with Crippen LogP contribution >= 0.6 is 23.2 Å². The van der Waals surface area contributed by atoms with Crippen LogP contribution in [0.4, 0.5) is 0 Å². The maximum atomic E-state index is 13.2. The van der Waals surface area contributed by atoms with Crippen molar-refractivity contribution in [1.29, 1.82) is 0 Å². The van der Waals surface area contributed by atoms with Crippen molar-refractivity contribution in [2.75, 3.05) is 6.61 Å². The number of hydrogen-bond acceptors (Lipinski definition) is 3. The van der Waals surface area contributed by atoms with Crippen LogP contribution in [0.1, 0.15) is 47.6 Å². The topological polar surface area (TPSA) is 35.5 Å². The van der Waals surface area contributed by atoms with Gasteiger partial charge in [0.05, 0.1) is 0 Å². The van der Waals surface area contributed by atoms with Gasteiger partial charge in [-0.3, -0.25) is 4.79 Å². The minimum absolute atomic E-state index is 0.0827. The predicted octanol–water partition coefficient (Wildman–Crippen LogP) is 6.01. The third-order valence-corrected chi connectivity index (χ3v) is 5.41. The number of carbonyl (C=O) groups is 1. The highest BCUT2D eigenvalue weighted by molar-refractivity contribution is 6.32. The molecule has 1 heterocycles. The Bertz CT molecular complexity index is 813. The van der Waals surface area contributed by atoms with Gasteiger partial charge in [-0.25, -0.2) is 0 Å². The quantitative estimate of drug-likeness (QED) is 0.589. The molecule has 2 aromatic carbocycles. The van der Waals surface area contributed by atoms with E-state index < -0.39 is 12.4 Å². The van der Waals surface area contributed by atoms with Gasteiger partial charge in [0.2, 0.25) is 0 Å². The summed E-state index contributed by atoms with van der Waals surface area (Å²) in [4.78, 5) is 13.2. The van der Waals surface area contributed by atoms with Gasteiger partial charge in [0.25, 0.3) is 0 Å². The molecule has 1 aliphatic heterocycles. The van der Waals surface area contributed by atoms with Crippen molar-refractivity contribution in [3.63, 3.8) is 0 Å². The lowest BCUT2D eigenvalue weighted by molar-refractivity contribution is -0.192. The molecule has 2 unspecified atom stereocenters. The molecule has 1 fully saturated rings. The monoisotopic (exact) mass is 406 g/mol. The summed E-state index contributed by atoms with van der Waals surface area (Å²) in [6, 6.07) is 11.4. The lowest BCUT2D eigenvalue weighted by Gasteiger charge is -2.28. The van der Waals surface area contributed by atoms with E-state index in [2.05, 4.69) is 0 Å². The highest BCUT2D eigenvalue weighted by atomic mass is 35.5. The number of halogens is 2. The molecule has 2 atom stereocenters. The van der Waals surface area contributed by atoms with Gasteiger partial charge >= 0.3 is 0 Å². The van der Waals surface area contributed by atoms with Gasteiger partial charge in [-0.05, 0) is 61.9 Å². The number of ether oxygens (including phenoxy) is 2. The van der Waals surface area contributed by atoms with Crippen LogP contribution in [0.25, 0.3) is 0 Å². The van der Waals surface area contributed by atoms with Crippen LogP contribution in [0.5, 0.6) is 0 Å². The van der Waals surface area contributed by atoms with E-state index >= 15 is 0 Å². The molecule has 0 bridgehead atoms. The fraction of sp³-hybridized carbons (Fsp3) is 0.409. The zero-order valence-electron chi connectivity index (χ0n) is 15.6. The standard InChI is InChI=1S/C22H24Cl2O3/c1-14-6-8-16(18(23)11-14)13-20(25)22(27-21-5-3-4-10-26-21)17-9-7-15(2)12-19(17)24/h6-9,11-12,21-22H,3-5,10,13H2,1-2H3. The summed E-state index contributed by atoms with van der Waals surface area (Å²) in [6.45, 7) is 4.58. The van der Waals surface area contributed by atoms with E-state index in [4.69, 9.17) is 32.7 Å². The molecule has 0 N–H and O–H groups in total. The molecule has 0 radical (unpaired) electrons. The zero-order chi connectivity index (χ0) is 19.4. The highest BCUT2D eigenvalue weighted by Gasteiger charge is 2.29. The van der Waals surface area contributed by atoms with Gasteiger partial charge in [0, 0.05) is 28.6 Å². The van der Waals surface area contributed by atoms with E-state index in [0.717, 1.165) is 36.0 Å². The normalized spacial score (nSPS) is 18.3. The molecule has 3 rings (SSSR count). The van der Waals surface area contributed by atoms with Crippen LogP contribution in [-0.4, -0.2) is 18.7 Å². The molecule has 0 saturated carbocycles. The van der Waals surface area contributed by atoms with Crippen molar-refractivity contribution in [1.82, 2.24) is 0 Å². The predicted molar refractivity (Wildman–Crippen MR) is 109 cm³/mol. The Morgan fingerprint density at radius 3 is 2.44 bits per heavy atom. The van der Waals surface area contributed by atoms with E-state index in [9.17, 15) is 4.79 Å². The number of benzene rings is 2. The Balaban J connectivity index is 1.86. The van der Waals surface area contributed by atoms with Crippen molar-refractivity contribution >= 4 is 29.0 Å². The first kappa shape index (κ1) is 20.3. The smallest absolute Gasteiger partial charge is 0.170 e. The van der Waals surface area contributed by atoms with Crippen LogP contribution in [0.3, 0.4) is 0 Å². The number of rotatable bonds is 6. The Morgan fingerprint density at radius 1 is 1.11 bits per heavy atom. The van der Waals surface area contributed by atoms with Crippen LogP contribution in [0.2, 0.25) is 10.0 Å². The molecule has 27 heavy (non-hydrogen) atoms. The molecule has 0 aliphatic carbocycles. The molecular formula is C22H24Cl2O3. The van der Waals surface area contributed by atoms with Gasteiger partial charge < -0.3 is 9.47 Å². The summed E-state index contributed by atoms with van der Waals surface area (Å²) in [5, 5.41) is 1.12. The minimum atomic E-state index is -0.779. The van der Waals surface area contributed by atoms with E-state index in [1.54, 1.807) is 0 Å². The third-order valence-electron chi connectivity index (χ3n) is 4.73. The fourth-order valence-corrected chi connectivity index (χ4v) is 3.85. The number of Topliss-reactive ketones (excluding diaryl/α,β-unsaturated/α-hetero) is 1. The number of hydrogen-bond donors (Lipinski definition) is 0. The van der Waals surface area contributed by atoms with Crippen molar-refractivity contribution in [2.24, 2.45) is 0 Å². The van der Waals surface area contributed by atoms with Gasteiger partial charge in [0.1, 0.15) is 6.10 Å². The average molecular weight is 407 g/mol. The van der Waals surface area contributed by atoms with Gasteiger partial charge in [0.15, 0.2) is 12.1 Å². The Labute approximate surface area is 170 Å². The number of aryl methyl sites for hydroxylation is 2. The lowest BCUT2D eigenvalue weighted by Crippen LogP contribution is -2.29. The SMILES string of the molecule is Cc1ccc(CC(=O)C(OC2CCCCO2)c2ccc(C)cc2Cl)c(Cl)c1. The number of carbonyl (C=O) groups excluding carboxylic acids is 1. The van der Waals surface area contributed by atoms with E-state index in [1.807, 2.05) is 50.2 Å². The second-order valence-corrected chi connectivity index (χ2v) is 7.89. The maximum absolute atomic E-state index is 13.2. The summed E-state index contributed by atoms with van der Waals surface area (Å²) in [5.41, 5.74) is 3.55. The number of ketones is 1. The Kier molecular flexibility index (Phi) is 6.93. The molecule has 2 aromatic rings. The van der Waals surface area contributed by atoms with Gasteiger partial charge in [-0.15, -0.1) is 0 Å². The molecule has 5 heteroatoms. The van der Waals surface area contributed by atoms with Crippen molar-refractivity contribution in [2.45, 2.75) is 51.9 Å². The molecule has 0 aromatic heterocycles. The van der Waals surface area contributed by atoms with Gasteiger partial charge in [-0.1, -0.05) is 47.5 Å². The molecule has 1 aliphatic rings. The first-order valence-corrected chi connectivity index (χ1v) is 10.0. The third kappa shape index (κ3) is 5.32. The Morgan fingerprint density at radius 2 is 1.81 bits per heavy atom. The van der Waals surface area contributed by atoms with Crippen LogP contribution in [0.15, 0.2) is 36.4 Å². The first-order valence-electron chi connectivity index (χ1n) is 9.25. The minimum Gasteiger partial charge on any atom is -0.353 e. The van der Waals surface area contributed by atoms with Crippen molar-refractivity contribution in [3.05, 3.63) is 68.7 Å². The van der Waals surface area contributed by atoms with E-state index in [0.29, 0.717) is 22.2 Å². The zero-order valence-corrected chi connectivity index (χ0v) is 17.1. The summed E-state index contributed by atoms with van der Waals surface area (Å²) < 4.78 is 11.8. The van der Waals surface area contributed by atoms with Gasteiger partial charge in [-0.2, -0.15) is 0 Å². The average Bonchev–Trinajstić information content (AvgIpc) is 2.63. The summed E-state index contributed by atoms with van der Waals surface area (Å²) >= 11 is 12.8. The molecule has 1 saturated heterocycles. The van der Waals surface area contributed by atoms with Crippen molar-refractivity contribution < 1.29 is 14.3 Å². The molecule has 3 nitrogen and oxygen atoms in total. The second kappa shape index (κ2) is 9.20. The summed E-state index contributed by atoms with van der Waals surface area (Å²) in [5.74, 6) is -0.0827. The summed E-state index contributed by atoms with van der Waals surface area (Å²) in [7, 11) is 0. The van der Waals surface area contributed by atoms with Crippen LogP contribution in [-0.2, 0) is 20.7 Å². The second-order valence-electron chi connectivity index (χ2n) is 7.08. The maximum Gasteiger partial charge on any atom is 0.170 e. The molecule has 144 valence electrons. The Hall–Kier alpha value is -1.39. The van der Waals surface area contributed by atoms with Crippen LogP contribution < -0.4 is 0 Å². The van der Waals surface area contributed by atoms with E-state index in [1.165, 1.54) is 0 Å².